The molecule has 2 rings (SSSR count). The molecule has 108 valence electrons. The molecule has 1 aliphatic heterocycles. The molecule has 1 N–H and O–H groups in total. The van der Waals surface area contributed by atoms with Crippen LogP contribution in [0.1, 0.15) is 31.7 Å². The third kappa shape index (κ3) is 3.38. The van der Waals surface area contributed by atoms with Crippen LogP contribution in [0, 0.1) is 5.41 Å². The summed E-state index contributed by atoms with van der Waals surface area (Å²) in [7, 11) is 0. The van der Waals surface area contributed by atoms with E-state index in [4.69, 9.17) is 0 Å². The highest BCUT2D eigenvalue weighted by Crippen LogP contribution is 2.30. The zero-order valence-corrected chi connectivity index (χ0v) is 11.8. The van der Waals surface area contributed by atoms with E-state index in [-0.39, 0.29) is 5.91 Å². The van der Waals surface area contributed by atoms with Crippen molar-refractivity contribution in [2.45, 2.75) is 32.6 Å². The maximum atomic E-state index is 12.2. The number of hydrogen-bond acceptors (Lipinski definition) is 2. The average molecular weight is 275 g/mol. The van der Waals surface area contributed by atoms with E-state index >= 15 is 0 Å². The number of carboxylic acid groups (broad SMARTS) is 1. The quantitative estimate of drug-likeness (QED) is 0.917. The maximum Gasteiger partial charge on any atom is 0.311 e. The molecule has 0 saturated carbocycles. The Hall–Kier alpha value is -1.84. The molecule has 1 atom stereocenters. The Morgan fingerprint density at radius 2 is 2.00 bits per heavy atom. The lowest BCUT2D eigenvalue weighted by Gasteiger charge is -2.37. The molecule has 1 aromatic carbocycles. The first kappa shape index (κ1) is 14.6. The van der Waals surface area contributed by atoms with Crippen LogP contribution in [0.4, 0.5) is 0 Å². The summed E-state index contributed by atoms with van der Waals surface area (Å²) in [4.78, 5) is 25.2. The van der Waals surface area contributed by atoms with E-state index in [1.54, 1.807) is 11.8 Å². The summed E-state index contributed by atoms with van der Waals surface area (Å²) in [5, 5.41) is 9.27. The first-order chi connectivity index (χ1) is 9.51. The minimum Gasteiger partial charge on any atom is -0.481 e. The smallest absolute Gasteiger partial charge is 0.311 e. The number of benzene rings is 1. The molecule has 1 saturated heterocycles. The van der Waals surface area contributed by atoms with Gasteiger partial charge >= 0.3 is 5.97 Å². The lowest BCUT2D eigenvalue weighted by atomic mass is 9.82. The number of rotatable bonds is 4. The number of carbonyl (C=O) groups excluding carboxylic acids is 1. The Bertz CT molecular complexity index is 486. The number of nitrogens with zero attached hydrogens (tertiary/aromatic N) is 1. The van der Waals surface area contributed by atoms with E-state index in [0.29, 0.717) is 32.4 Å². The first-order valence-electron chi connectivity index (χ1n) is 7.06. The van der Waals surface area contributed by atoms with E-state index in [2.05, 4.69) is 0 Å². The van der Waals surface area contributed by atoms with Gasteiger partial charge in [0.15, 0.2) is 0 Å². The number of likely N-dealkylation sites (tertiary alicyclic amines) is 1. The van der Waals surface area contributed by atoms with E-state index in [9.17, 15) is 14.7 Å². The number of piperidine rings is 1. The molecule has 20 heavy (non-hydrogen) atoms. The standard InChI is InChI=1S/C16H21NO3/c1-16(15(19)20)10-5-11-17(12-16)14(18)9-8-13-6-3-2-4-7-13/h2-4,6-7H,5,8-12H2,1H3,(H,19,20). The second kappa shape index (κ2) is 6.07. The highest BCUT2D eigenvalue weighted by Gasteiger charge is 2.39. The summed E-state index contributed by atoms with van der Waals surface area (Å²) in [6, 6.07) is 9.88. The van der Waals surface area contributed by atoms with Crippen LogP contribution < -0.4 is 0 Å². The predicted octanol–water partition coefficient (Wildman–Crippen LogP) is 2.33. The summed E-state index contributed by atoms with van der Waals surface area (Å²) >= 11 is 0. The Morgan fingerprint density at radius 3 is 2.65 bits per heavy atom. The molecule has 0 aromatic heterocycles. The van der Waals surface area contributed by atoms with Gasteiger partial charge in [0.2, 0.25) is 5.91 Å². The zero-order chi connectivity index (χ0) is 14.6. The largest absolute Gasteiger partial charge is 0.481 e. The third-order valence-electron chi connectivity index (χ3n) is 4.04. The van der Waals surface area contributed by atoms with Crippen LogP contribution in [0.15, 0.2) is 30.3 Å². The number of carboxylic acids is 1. The van der Waals surface area contributed by atoms with Crippen LogP contribution in [0.3, 0.4) is 0 Å². The van der Waals surface area contributed by atoms with E-state index in [0.717, 1.165) is 12.0 Å². The molecule has 4 nitrogen and oxygen atoms in total. The van der Waals surface area contributed by atoms with Gasteiger partial charge in [-0.15, -0.1) is 0 Å². The summed E-state index contributed by atoms with van der Waals surface area (Å²) in [5.41, 5.74) is 0.347. The van der Waals surface area contributed by atoms with E-state index in [1.807, 2.05) is 30.3 Å². The molecular formula is C16H21NO3. The van der Waals surface area contributed by atoms with Crippen molar-refractivity contribution in [2.24, 2.45) is 5.41 Å². The van der Waals surface area contributed by atoms with Crippen molar-refractivity contribution in [3.63, 3.8) is 0 Å². The van der Waals surface area contributed by atoms with Crippen molar-refractivity contribution in [1.82, 2.24) is 4.90 Å². The minimum absolute atomic E-state index is 0.0565. The van der Waals surface area contributed by atoms with Gasteiger partial charge in [-0.3, -0.25) is 9.59 Å². The summed E-state index contributed by atoms with van der Waals surface area (Å²) in [6.45, 7) is 2.73. The van der Waals surface area contributed by atoms with Gasteiger partial charge in [0.1, 0.15) is 0 Å². The normalized spacial score (nSPS) is 22.6. The topological polar surface area (TPSA) is 57.6 Å². The van der Waals surface area contributed by atoms with Crippen molar-refractivity contribution in [3.05, 3.63) is 35.9 Å². The van der Waals surface area contributed by atoms with Gasteiger partial charge in [-0.2, -0.15) is 0 Å². The first-order valence-corrected chi connectivity index (χ1v) is 7.06. The summed E-state index contributed by atoms with van der Waals surface area (Å²) in [6.07, 6.45) is 2.56. The van der Waals surface area contributed by atoms with Crippen LogP contribution >= 0.6 is 0 Å². The molecule has 1 fully saturated rings. The highest BCUT2D eigenvalue weighted by atomic mass is 16.4. The fraction of sp³-hybridized carbons (Fsp3) is 0.500. The number of aliphatic carboxylic acids is 1. The van der Waals surface area contributed by atoms with Crippen molar-refractivity contribution in [1.29, 1.82) is 0 Å². The molecule has 1 amide bonds. The number of carbonyl (C=O) groups is 2. The zero-order valence-electron chi connectivity index (χ0n) is 11.8. The second-order valence-corrected chi connectivity index (χ2v) is 5.77. The molecule has 0 radical (unpaired) electrons. The molecule has 0 bridgehead atoms. The fourth-order valence-corrected chi connectivity index (χ4v) is 2.68. The summed E-state index contributed by atoms with van der Waals surface area (Å²) < 4.78 is 0. The van der Waals surface area contributed by atoms with Crippen LogP contribution in [-0.2, 0) is 16.0 Å². The Labute approximate surface area is 119 Å². The van der Waals surface area contributed by atoms with Crippen molar-refractivity contribution >= 4 is 11.9 Å². The maximum absolute atomic E-state index is 12.2. The lowest BCUT2D eigenvalue weighted by molar-refractivity contribution is -0.153. The van der Waals surface area contributed by atoms with Crippen LogP contribution in [0.5, 0.6) is 0 Å². The summed E-state index contributed by atoms with van der Waals surface area (Å²) in [5.74, 6) is -0.751. The van der Waals surface area contributed by atoms with Crippen molar-refractivity contribution in [2.75, 3.05) is 13.1 Å². The van der Waals surface area contributed by atoms with Gasteiger partial charge in [-0.05, 0) is 31.7 Å². The van der Waals surface area contributed by atoms with E-state index < -0.39 is 11.4 Å². The van der Waals surface area contributed by atoms with Gasteiger partial charge in [-0.25, -0.2) is 0 Å². The Balaban J connectivity index is 1.91. The van der Waals surface area contributed by atoms with Gasteiger partial charge in [-0.1, -0.05) is 30.3 Å². The second-order valence-electron chi connectivity index (χ2n) is 5.77. The third-order valence-corrected chi connectivity index (χ3v) is 4.04. The fourth-order valence-electron chi connectivity index (χ4n) is 2.68. The predicted molar refractivity (Wildman–Crippen MR) is 76.3 cm³/mol. The van der Waals surface area contributed by atoms with Gasteiger partial charge in [0.25, 0.3) is 0 Å². The Kier molecular flexibility index (Phi) is 4.42. The highest BCUT2D eigenvalue weighted by molar-refractivity contribution is 5.79. The molecule has 4 heteroatoms. The average Bonchev–Trinajstić information content (AvgIpc) is 2.46. The van der Waals surface area contributed by atoms with Crippen LogP contribution in [0.25, 0.3) is 0 Å². The molecule has 0 spiro atoms. The van der Waals surface area contributed by atoms with Gasteiger partial charge < -0.3 is 10.0 Å². The molecule has 1 aromatic rings. The number of aryl methyl sites for hydroxylation is 1. The molecular weight excluding hydrogens is 254 g/mol. The SMILES string of the molecule is CC1(C(=O)O)CCCN(C(=O)CCc2ccccc2)C1. The Morgan fingerprint density at radius 1 is 1.30 bits per heavy atom. The van der Waals surface area contributed by atoms with E-state index in [1.165, 1.54) is 0 Å². The molecule has 1 aliphatic rings. The van der Waals surface area contributed by atoms with Gasteiger partial charge in [0, 0.05) is 19.5 Å². The molecule has 1 unspecified atom stereocenters. The minimum atomic E-state index is -0.807. The van der Waals surface area contributed by atoms with Crippen molar-refractivity contribution < 1.29 is 14.7 Å². The molecule has 0 aliphatic carbocycles. The van der Waals surface area contributed by atoms with Gasteiger partial charge in [0.05, 0.1) is 5.41 Å². The lowest BCUT2D eigenvalue weighted by Crippen LogP contribution is -2.48. The van der Waals surface area contributed by atoms with Crippen LogP contribution in [0.2, 0.25) is 0 Å². The molecule has 1 heterocycles. The number of hydrogen-bond donors (Lipinski definition) is 1. The van der Waals surface area contributed by atoms with Crippen LogP contribution in [-0.4, -0.2) is 35.0 Å². The monoisotopic (exact) mass is 275 g/mol. The number of amides is 1. The van der Waals surface area contributed by atoms with Crippen molar-refractivity contribution in [3.8, 4) is 0 Å².